The van der Waals surface area contributed by atoms with Gasteiger partial charge in [-0.1, -0.05) is 27.7 Å². The molecule has 1 heterocycles. The number of rotatable bonds is 8. The van der Waals surface area contributed by atoms with Crippen LogP contribution in [0.5, 0.6) is 0 Å². The van der Waals surface area contributed by atoms with Crippen molar-refractivity contribution in [3.8, 4) is 0 Å². The number of nitrogens with zero attached hydrogens (tertiary/aromatic N) is 3. The van der Waals surface area contributed by atoms with Crippen LogP contribution in [-0.2, 0) is 13.0 Å². The van der Waals surface area contributed by atoms with Gasteiger partial charge in [-0.05, 0) is 31.7 Å². The third kappa shape index (κ3) is 5.17. The van der Waals surface area contributed by atoms with Crippen LogP contribution in [0.4, 0.5) is 0 Å². The van der Waals surface area contributed by atoms with Crippen LogP contribution in [0.15, 0.2) is 6.33 Å². The Morgan fingerprint density at radius 3 is 2.56 bits per heavy atom. The van der Waals surface area contributed by atoms with E-state index in [1.54, 1.807) is 6.33 Å². The molecule has 4 nitrogen and oxygen atoms in total. The number of hydrogen-bond donors (Lipinski definition) is 1. The van der Waals surface area contributed by atoms with E-state index < -0.39 is 0 Å². The fourth-order valence-corrected chi connectivity index (χ4v) is 2.28. The van der Waals surface area contributed by atoms with Crippen LogP contribution in [0.25, 0.3) is 0 Å². The first-order valence-electron chi connectivity index (χ1n) is 7.13. The number of aromatic nitrogens is 3. The molecule has 1 aromatic rings. The SMILES string of the molecule is CCn1ncnc1CC(CNC(C)C)CC(C)C. The summed E-state index contributed by atoms with van der Waals surface area (Å²) in [4.78, 5) is 4.39. The van der Waals surface area contributed by atoms with Gasteiger partial charge in [-0.2, -0.15) is 5.10 Å². The molecule has 1 atom stereocenters. The Balaban J connectivity index is 2.59. The Morgan fingerprint density at radius 1 is 1.28 bits per heavy atom. The zero-order chi connectivity index (χ0) is 13.5. The van der Waals surface area contributed by atoms with Crippen molar-refractivity contribution in [3.63, 3.8) is 0 Å². The second-order valence-corrected chi connectivity index (χ2v) is 5.75. The van der Waals surface area contributed by atoms with Gasteiger partial charge >= 0.3 is 0 Å². The molecule has 0 aromatic carbocycles. The molecule has 1 N–H and O–H groups in total. The lowest BCUT2D eigenvalue weighted by Crippen LogP contribution is -2.31. The van der Waals surface area contributed by atoms with E-state index in [-0.39, 0.29) is 0 Å². The highest BCUT2D eigenvalue weighted by Gasteiger charge is 2.15. The zero-order valence-electron chi connectivity index (χ0n) is 12.5. The highest BCUT2D eigenvalue weighted by molar-refractivity contribution is 4.88. The van der Waals surface area contributed by atoms with Crippen LogP contribution < -0.4 is 5.32 Å². The molecule has 1 rings (SSSR count). The van der Waals surface area contributed by atoms with Gasteiger partial charge in [0.05, 0.1) is 0 Å². The molecule has 4 heteroatoms. The van der Waals surface area contributed by atoms with Crippen molar-refractivity contribution >= 4 is 0 Å². The fraction of sp³-hybridized carbons (Fsp3) is 0.857. The summed E-state index contributed by atoms with van der Waals surface area (Å²) < 4.78 is 2.00. The average molecular weight is 252 g/mol. The molecule has 1 aromatic heterocycles. The van der Waals surface area contributed by atoms with Gasteiger partial charge in [0.1, 0.15) is 12.2 Å². The van der Waals surface area contributed by atoms with Crippen LogP contribution in [0.2, 0.25) is 0 Å². The predicted octanol–water partition coefficient (Wildman–Crippen LogP) is 2.50. The van der Waals surface area contributed by atoms with Crippen LogP contribution in [0, 0.1) is 11.8 Å². The van der Waals surface area contributed by atoms with Crippen molar-refractivity contribution < 1.29 is 0 Å². The van der Waals surface area contributed by atoms with E-state index in [2.05, 4.69) is 50.0 Å². The smallest absolute Gasteiger partial charge is 0.138 e. The zero-order valence-corrected chi connectivity index (χ0v) is 12.5. The molecule has 0 spiro atoms. The molecular formula is C14H28N4. The molecular weight excluding hydrogens is 224 g/mol. The Labute approximate surface area is 111 Å². The van der Waals surface area contributed by atoms with E-state index in [0.717, 1.165) is 31.3 Å². The molecule has 0 amide bonds. The maximum absolute atomic E-state index is 4.39. The van der Waals surface area contributed by atoms with E-state index in [9.17, 15) is 0 Å². The van der Waals surface area contributed by atoms with E-state index in [4.69, 9.17) is 0 Å². The average Bonchev–Trinajstić information content (AvgIpc) is 2.72. The second-order valence-electron chi connectivity index (χ2n) is 5.75. The van der Waals surface area contributed by atoms with Gasteiger partial charge in [-0.25, -0.2) is 4.98 Å². The Bertz CT molecular complexity index is 330. The largest absolute Gasteiger partial charge is 0.314 e. The molecule has 0 bridgehead atoms. The molecule has 104 valence electrons. The Kier molecular flexibility index (Phi) is 6.33. The van der Waals surface area contributed by atoms with Crippen LogP contribution in [-0.4, -0.2) is 27.4 Å². The molecule has 0 radical (unpaired) electrons. The summed E-state index contributed by atoms with van der Waals surface area (Å²) in [6, 6.07) is 0.545. The monoisotopic (exact) mass is 252 g/mol. The Hall–Kier alpha value is -0.900. The summed E-state index contributed by atoms with van der Waals surface area (Å²) in [5.41, 5.74) is 0. The molecule has 18 heavy (non-hydrogen) atoms. The fourth-order valence-electron chi connectivity index (χ4n) is 2.28. The molecule has 0 saturated heterocycles. The molecule has 0 aliphatic heterocycles. The molecule has 0 fully saturated rings. The first-order valence-corrected chi connectivity index (χ1v) is 7.13. The van der Waals surface area contributed by atoms with Gasteiger partial charge in [-0.15, -0.1) is 0 Å². The normalized spacial score (nSPS) is 13.5. The highest BCUT2D eigenvalue weighted by atomic mass is 15.3. The predicted molar refractivity (Wildman–Crippen MR) is 75.5 cm³/mol. The van der Waals surface area contributed by atoms with Gasteiger partial charge in [0, 0.05) is 19.0 Å². The summed E-state index contributed by atoms with van der Waals surface area (Å²) in [5.74, 6) is 2.48. The first-order chi connectivity index (χ1) is 8.52. The lowest BCUT2D eigenvalue weighted by atomic mass is 9.93. The van der Waals surface area contributed by atoms with Gasteiger partial charge in [0.25, 0.3) is 0 Å². The van der Waals surface area contributed by atoms with Crippen LogP contribution in [0.1, 0.15) is 46.9 Å². The highest BCUT2D eigenvalue weighted by Crippen LogP contribution is 2.16. The summed E-state index contributed by atoms with van der Waals surface area (Å²) in [6.07, 6.45) is 3.92. The molecule has 0 saturated carbocycles. The molecule has 1 unspecified atom stereocenters. The lowest BCUT2D eigenvalue weighted by molar-refractivity contribution is 0.362. The van der Waals surface area contributed by atoms with Gasteiger partial charge in [0.2, 0.25) is 0 Å². The number of hydrogen-bond acceptors (Lipinski definition) is 3. The molecule has 0 aliphatic carbocycles. The number of nitrogens with one attached hydrogen (secondary N) is 1. The Morgan fingerprint density at radius 2 is 2.00 bits per heavy atom. The van der Waals surface area contributed by atoms with Crippen molar-refractivity contribution in [3.05, 3.63) is 12.2 Å². The minimum absolute atomic E-state index is 0.545. The van der Waals surface area contributed by atoms with Crippen LogP contribution >= 0.6 is 0 Å². The third-order valence-corrected chi connectivity index (χ3v) is 3.09. The minimum atomic E-state index is 0.545. The summed E-state index contributed by atoms with van der Waals surface area (Å²) in [6.45, 7) is 13.0. The second kappa shape index (κ2) is 7.52. The van der Waals surface area contributed by atoms with Crippen molar-refractivity contribution in [2.24, 2.45) is 11.8 Å². The quantitative estimate of drug-likeness (QED) is 0.773. The van der Waals surface area contributed by atoms with Crippen molar-refractivity contribution in [2.75, 3.05) is 6.54 Å². The van der Waals surface area contributed by atoms with Crippen molar-refractivity contribution in [1.82, 2.24) is 20.1 Å². The summed E-state index contributed by atoms with van der Waals surface area (Å²) >= 11 is 0. The van der Waals surface area contributed by atoms with Crippen molar-refractivity contribution in [2.45, 2.75) is 60.0 Å². The summed E-state index contributed by atoms with van der Waals surface area (Å²) in [5, 5.41) is 7.79. The van der Waals surface area contributed by atoms with Crippen LogP contribution in [0.3, 0.4) is 0 Å². The maximum Gasteiger partial charge on any atom is 0.138 e. The van der Waals surface area contributed by atoms with E-state index in [0.29, 0.717) is 12.0 Å². The lowest BCUT2D eigenvalue weighted by Gasteiger charge is -2.20. The molecule has 0 aliphatic rings. The van der Waals surface area contributed by atoms with Gasteiger partial charge in [-0.3, -0.25) is 4.68 Å². The van der Waals surface area contributed by atoms with E-state index >= 15 is 0 Å². The van der Waals surface area contributed by atoms with E-state index in [1.165, 1.54) is 6.42 Å². The third-order valence-electron chi connectivity index (χ3n) is 3.09. The van der Waals surface area contributed by atoms with Gasteiger partial charge in [0.15, 0.2) is 0 Å². The number of aryl methyl sites for hydroxylation is 1. The maximum atomic E-state index is 4.39. The topological polar surface area (TPSA) is 42.7 Å². The van der Waals surface area contributed by atoms with Crippen molar-refractivity contribution in [1.29, 1.82) is 0 Å². The van der Waals surface area contributed by atoms with Gasteiger partial charge < -0.3 is 5.32 Å². The minimum Gasteiger partial charge on any atom is -0.314 e. The van der Waals surface area contributed by atoms with E-state index in [1.807, 2.05) is 4.68 Å². The first kappa shape index (κ1) is 15.2. The standard InChI is InChI=1S/C14H28N4/c1-6-18-14(16-10-17-18)8-13(7-11(2)3)9-15-12(4)5/h10-13,15H,6-9H2,1-5H3. The summed E-state index contributed by atoms with van der Waals surface area (Å²) in [7, 11) is 0.